The Balaban J connectivity index is 1.09. The summed E-state index contributed by atoms with van der Waals surface area (Å²) in [6.45, 7) is 0. The van der Waals surface area contributed by atoms with Crippen LogP contribution in [0.1, 0.15) is 22.3 Å². The highest BCUT2D eigenvalue weighted by molar-refractivity contribution is 6.09. The van der Waals surface area contributed by atoms with Gasteiger partial charge in [0.2, 0.25) is 0 Å². The molecule has 12 aromatic rings. The van der Waals surface area contributed by atoms with Crippen molar-refractivity contribution < 1.29 is 0 Å². The standard InChI is InChI=1S/C67H44N2/c1-3-21-45(22-4-1)50-27-7-8-33-58(50)66-51(46-23-5-2-6-24-46)34-20-40-65(66)68(47-25-19-26-48(43-47)69-63-38-17-12-31-56(63)57-32-13-18-39-64(57)69)49-41-42-55-54-30-11-16-37-61(54)67(62(55)44-49)59-35-14-9-28-52(59)53-29-10-15-36-60(53)67/h1-44H. The van der Waals surface area contributed by atoms with Crippen LogP contribution in [0.2, 0.25) is 0 Å². The van der Waals surface area contributed by atoms with Crippen LogP contribution in [0.15, 0.2) is 267 Å². The highest BCUT2D eigenvalue weighted by atomic mass is 15.1. The van der Waals surface area contributed by atoms with Crippen LogP contribution in [0.25, 0.3) is 83.1 Å². The molecular weight excluding hydrogens is 833 g/mol. The van der Waals surface area contributed by atoms with Crippen molar-refractivity contribution in [2.75, 3.05) is 4.90 Å². The molecule has 0 radical (unpaired) electrons. The fraction of sp³-hybridized carbons (Fsp3) is 0.0149. The molecule has 0 fully saturated rings. The van der Waals surface area contributed by atoms with Crippen LogP contribution < -0.4 is 4.90 Å². The van der Waals surface area contributed by atoms with Crippen molar-refractivity contribution in [1.82, 2.24) is 4.57 Å². The molecule has 69 heavy (non-hydrogen) atoms. The van der Waals surface area contributed by atoms with E-state index in [9.17, 15) is 0 Å². The molecule has 322 valence electrons. The third kappa shape index (κ3) is 5.79. The van der Waals surface area contributed by atoms with E-state index in [2.05, 4.69) is 276 Å². The summed E-state index contributed by atoms with van der Waals surface area (Å²) < 4.78 is 2.43. The van der Waals surface area contributed by atoms with Gasteiger partial charge in [-0.15, -0.1) is 0 Å². The van der Waals surface area contributed by atoms with Crippen molar-refractivity contribution >= 4 is 38.9 Å². The van der Waals surface area contributed by atoms with Gasteiger partial charge in [0, 0.05) is 33.4 Å². The van der Waals surface area contributed by atoms with Crippen molar-refractivity contribution in [3.8, 4) is 61.3 Å². The molecule has 2 aliphatic rings. The lowest BCUT2D eigenvalue weighted by Crippen LogP contribution is -2.26. The largest absolute Gasteiger partial charge is 0.310 e. The predicted molar refractivity (Wildman–Crippen MR) is 288 cm³/mol. The maximum atomic E-state index is 2.53. The van der Waals surface area contributed by atoms with Gasteiger partial charge in [0.15, 0.2) is 0 Å². The minimum atomic E-state index is -0.500. The maximum Gasteiger partial charge on any atom is 0.0726 e. The molecule has 0 N–H and O–H groups in total. The Morgan fingerprint density at radius 3 is 1.35 bits per heavy atom. The van der Waals surface area contributed by atoms with Gasteiger partial charge in [-0.05, 0) is 121 Å². The third-order valence-corrected chi connectivity index (χ3v) is 14.8. The van der Waals surface area contributed by atoms with Gasteiger partial charge in [-0.1, -0.05) is 218 Å². The second-order valence-electron chi connectivity index (χ2n) is 18.3. The quantitative estimate of drug-likeness (QED) is 0.155. The first-order chi connectivity index (χ1) is 34.3. The van der Waals surface area contributed by atoms with E-state index in [1.54, 1.807) is 0 Å². The molecule has 1 spiro atoms. The first-order valence-electron chi connectivity index (χ1n) is 23.9. The number of nitrogens with zero attached hydrogens (tertiary/aromatic N) is 2. The number of rotatable bonds is 7. The van der Waals surface area contributed by atoms with Gasteiger partial charge < -0.3 is 9.47 Å². The van der Waals surface area contributed by atoms with Crippen molar-refractivity contribution in [2.24, 2.45) is 0 Å². The summed E-state index contributed by atoms with van der Waals surface area (Å²) in [5.41, 5.74) is 23.7. The number of para-hydroxylation sites is 2. The summed E-state index contributed by atoms with van der Waals surface area (Å²) in [5, 5.41) is 2.48. The van der Waals surface area contributed by atoms with Gasteiger partial charge in [-0.2, -0.15) is 0 Å². The van der Waals surface area contributed by atoms with Crippen LogP contribution in [-0.2, 0) is 5.41 Å². The summed E-state index contributed by atoms with van der Waals surface area (Å²) in [6.07, 6.45) is 0. The number of hydrogen-bond donors (Lipinski definition) is 0. The average Bonchev–Trinajstić information content (AvgIpc) is 4.03. The molecule has 0 bridgehead atoms. The molecular formula is C67H44N2. The lowest BCUT2D eigenvalue weighted by atomic mass is 9.70. The first kappa shape index (κ1) is 39.2. The van der Waals surface area contributed by atoms with Crippen LogP contribution in [0, 0.1) is 0 Å². The third-order valence-electron chi connectivity index (χ3n) is 14.8. The predicted octanol–water partition coefficient (Wildman–Crippen LogP) is 17.6. The van der Waals surface area contributed by atoms with Crippen LogP contribution in [0.3, 0.4) is 0 Å². The minimum absolute atomic E-state index is 0.500. The zero-order valence-electron chi connectivity index (χ0n) is 37.8. The summed E-state index contributed by atoms with van der Waals surface area (Å²) in [6, 6.07) is 98.8. The second-order valence-corrected chi connectivity index (χ2v) is 18.3. The van der Waals surface area contributed by atoms with Crippen molar-refractivity contribution in [1.29, 1.82) is 0 Å². The average molecular weight is 877 g/mol. The highest BCUT2D eigenvalue weighted by Crippen LogP contribution is 2.63. The Hall–Kier alpha value is -8.98. The van der Waals surface area contributed by atoms with E-state index in [0.717, 1.165) is 22.7 Å². The number of hydrogen-bond acceptors (Lipinski definition) is 1. The van der Waals surface area contributed by atoms with Gasteiger partial charge in [-0.25, -0.2) is 0 Å². The molecule has 1 heterocycles. The topological polar surface area (TPSA) is 8.17 Å². The molecule has 2 heteroatoms. The van der Waals surface area contributed by atoms with E-state index < -0.39 is 5.41 Å². The monoisotopic (exact) mass is 876 g/mol. The van der Waals surface area contributed by atoms with Gasteiger partial charge in [0.25, 0.3) is 0 Å². The van der Waals surface area contributed by atoms with Crippen LogP contribution in [-0.4, -0.2) is 4.57 Å². The molecule has 2 aliphatic carbocycles. The first-order valence-corrected chi connectivity index (χ1v) is 23.9. The Kier molecular flexibility index (Phi) is 8.84. The molecule has 0 aliphatic heterocycles. The van der Waals surface area contributed by atoms with Gasteiger partial charge in [-0.3, -0.25) is 0 Å². The molecule has 14 rings (SSSR count). The van der Waals surface area contributed by atoms with Gasteiger partial charge >= 0.3 is 0 Å². The van der Waals surface area contributed by atoms with E-state index in [0.29, 0.717) is 0 Å². The Labute approximate surface area is 402 Å². The molecule has 1 aromatic heterocycles. The van der Waals surface area contributed by atoms with Gasteiger partial charge in [0.1, 0.15) is 0 Å². The molecule has 0 saturated heterocycles. The fourth-order valence-corrected chi connectivity index (χ4v) is 12.1. The molecule has 0 unspecified atom stereocenters. The van der Waals surface area contributed by atoms with Crippen LogP contribution in [0.5, 0.6) is 0 Å². The SMILES string of the molecule is c1ccc(-c2ccccc2-c2c(-c3ccccc3)cccc2N(c2cccc(-n3c4ccccc4c4ccccc43)c2)c2ccc3c(c2)C2(c4ccccc4-c4ccccc42)c2ccccc2-3)cc1. The Morgan fingerprint density at radius 2 is 0.739 bits per heavy atom. The van der Waals surface area contributed by atoms with E-state index >= 15 is 0 Å². The molecule has 2 nitrogen and oxygen atoms in total. The lowest BCUT2D eigenvalue weighted by Gasteiger charge is -2.33. The van der Waals surface area contributed by atoms with Gasteiger partial charge in [0.05, 0.1) is 22.1 Å². The van der Waals surface area contributed by atoms with E-state index in [4.69, 9.17) is 0 Å². The van der Waals surface area contributed by atoms with Crippen molar-refractivity contribution in [3.05, 3.63) is 289 Å². The zero-order chi connectivity index (χ0) is 45.5. The Morgan fingerprint density at radius 1 is 0.290 bits per heavy atom. The minimum Gasteiger partial charge on any atom is -0.310 e. The van der Waals surface area contributed by atoms with Crippen LogP contribution in [0.4, 0.5) is 17.1 Å². The van der Waals surface area contributed by atoms with Crippen molar-refractivity contribution in [2.45, 2.75) is 5.41 Å². The molecule has 11 aromatic carbocycles. The summed E-state index contributed by atoms with van der Waals surface area (Å²) in [5.74, 6) is 0. The molecule has 0 saturated carbocycles. The summed E-state index contributed by atoms with van der Waals surface area (Å²) in [4.78, 5) is 2.53. The number of aromatic nitrogens is 1. The normalized spacial score (nSPS) is 12.8. The summed E-state index contributed by atoms with van der Waals surface area (Å²) >= 11 is 0. The highest BCUT2D eigenvalue weighted by Gasteiger charge is 2.51. The number of anilines is 3. The number of benzene rings is 11. The molecule has 0 atom stereocenters. The zero-order valence-corrected chi connectivity index (χ0v) is 37.8. The second kappa shape index (κ2) is 15.6. The smallest absolute Gasteiger partial charge is 0.0726 e. The van der Waals surface area contributed by atoms with Crippen molar-refractivity contribution in [3.63, 3.8) is 0 Å². The fourth-order valence-electron chi connectivity index (χ4n) is 12.1. The maximum absolute atomic E-state index is 2.53. The van der Waals surface area contributed by atoms with Crippen LogP contribution >= 0.6 is 0 Å². The summed E-state index contributed by atoms with van der Waals surface area (Å²) in [7, 11) is 0. The van der Waals surface area contributed by atoms with E-state index in [1.807, 2.05) is 0 Å². The molecule has 0 amide bonds. The lowest BCUT2D eigenvalue weighted by molar-refractivity contribution is 0.793. The van der Waals surface area contributed by atoms with E-state index in [-0.39, 0.29) is 0 Å². The van der Waals surface area contributed by atoms with E-state index in [1.165, 1.54) is 99.7 Å². The number of fused-ring (bicyclic) bond motifs is 13. The Bertz CT molecular complexity index is 3860.